The summed E-state index contributed by atoms with van der Waals surface area (Å²) >= 11 is 0. The van der Waals surface area contributed by atoms with E-state index < -0.39 is 17.3 Å². The van der Waals surface area contributed by atoms with E-state index in [9.17, 15) is 18.0 Å². The fourth-order valence-corrected chi connectivity index (χ4v) is 3.11. The molecule has 0 aliphatic rings. The highest BCUT2D eigenvalue weighted by Crippen LogP contribution is 2.29. The summed E-state index contributed by atoms with van der Waals surface area (Å²) in [6, 6.07) is 14.3. The highest BCUT2D eigenvalue weighted by atomic mass is 19.4. The first kappa shape index (κ1) is 18.7. The van der Waals surface area contributed by atoms with Gasteiger partial charge in [-0.2, -0.15) is 13.2 Å². The van der Waals surface area contributed by atoms with Gasteiger partial charge in [-0.3, -0.25) is 9.36 Å². The third-order valence-corrected chi connectivity index (χ3v) is 4.55. The molecule has 2 aromatic carbocycles. The maximum absolute atomic E-state index is 12.9. The van der Waals surface area contributed by atoms with Crippen molar-refractivity contribution in [3.63, 3.8) is 0 Å². The van der Waals surface area contributed by atoms with Gasteiger partial charge in [0.25, 0.3) is 5.56 Å². The Balaban J connectivity index is 1.70. The number of nitrogen functional groups attached to an aromatic ring is 1. The summed E-state index contributed by atoms with van der Waals surface area (Å²) in [5.41, 5.74) is 6.39. The summed E-state index contributed by atoms with van der Waals surface area (Å²) in [4.78, 5) is 17.0. The summed E-state index contributed by atoms with van der Waals surface area (Å²) in [5, 5.41) is 4.43. The number of anilines is 1. The molecular formula is C20H16F3N5O. The number of nitrogens with zero attached hydrogens (tertiary/aromatic N) is 4. The highest BCUT2D eigenvalue weighted by Gasteiger charge is 2.30. The number of hydrogen-bond acceptors (Lipinski definition) is 4. The first-order valence-corrected chi connectivity index (χ1v) is 8.74. The first-order valence-electron chi connectivity index (χ1n) is 8.74. The van der Waals surface area contributed by atoms with Gasteiger partial charge >= 0.3 is 6.18 Å². The largest absolute Gasteiger partial charge is 0.416 e. The molecule has 0 fully saturated rings. The molecule has 2 heterocycles. The Morgan fingerprint density at radius 3 is 2.41 bits per heavy atom. The lowest BCUT2D eigenvalue weighted by Gasteiger charge is -2.10. The summed E-state index contributed by atoms with van der Waals surface area (Å²) in [7, 11) is 0. The number of nitrogens with two attached hydrogens (primary N) is 1. The van der Waals surface area contributed by atoms with Crippen LogP contribution in [0.15, 0.2) is 65.7 Å². The molecule has 6 nitrogen and oxygen atoms in total. The Bertz CT molecular complexity index is 1230. The normalized spacial score (nSPS) is 11.8. The molecule has 2 N–H and O–H groups in total. The van der Waals surface area contributed by atoms with E-state index in [4.69, 9.17) is 5.73 Å². The molecule has 4 aromatic rings. The van der Waals surface area contributed by atoms with Crippen molar-refractivity contribution in [3.8, 4) is 0 Å². The second kappa shape index (κ2) is 7.08. The van der Waals surface area contributed by atoms with Crippen LogP contribution in [0.1, 0.15) is 16.7 Å². The number of benzene rings is 2. The van der Waals surface area contributed by atoms with Crippen molar-refractivity contribution in [3.05, 3.63) is 88.0 Å². The average molecular weight is 399 g/mol. The quantitative estimate of drug-likeness (QED) is 0.571. The molecule has 0 unspecified atom stereocenters. The molecular weight excluding hydrogens is 383 g/mol. The van der Waals surface area contributed by atoms with Gasteiger partial charge in [0.1, 0.15) is 17.5 Å². The van der Waals surface area contributed by atoms with E-state index in [1.807, 2.05) is 30.3 Å². The van der Waals surface area contributed by atoms with Gasteiger partial charge in [-0.05, 0) is 23.3 Å². The van der Waals surface area contributed by atoms with Gasteiger partial charge in [0.15, 0.2) is 5.65 Å². The van der Waals surface area contributed by atoms with Crippen LogP contribution < -0.4 is 11.3 Å². The number of hydrogen-bond donors (Lipinski definition) is 1. The van der Waals surface area contributed by atoms with Crippen molar-refractivity contribution in [1.29, 1.82) is 0 Å². The number of alkyl halides is 3. The van der Waals surface area contributed by atoms with Crippen LogP contribution in [-0.4, -0.2) is 19.3 Å². The Hall–Kier alpha value is -3.62. The van der Waals surface area contributed by atoms with Crippen molar-refractivity contribution in [1.82, 2.24) is 19.3 Å². The van der Waals surface area contributed by atoms with Crippen molar-refractivity contribution >= 4 is 16.9 Å². The zero-order chi connectivity index (χ0) is 20.6. The van der Waals surface area contributed by atoms with Crippen LogP contribution in [0, 0.1) is 0 Å². The minimum Gasteiger partial charge on any atom is -0.383 e. The van der Waals surface area contributed by atoms with Crippen molar-refractivity contribution in [2.24, 2.45) is 0 Å². The summed E-state index contributed by atoms with van der Waals surface area (Å²) in [6.07, 6.45) is -3.18. The smallest absolute Gasteiger partial charge is 0.383 e. The van der Waals surface area contributed by atoms with Crippen molar-refractivity contribution < 1.29 is 13.2 Å². The van der Waals surface area contributed by atoms with E-state index in [0.717, 1.165) is 17.7 Å². The van der Waals surface area contributed by atoms with Gasteiger partial charge in [0, 0.05) is 0 Å². The molecule has 0 saturated carbocycles. The molecule has 0 aliphatic carbocycles. The molecule has 0 spiro atoms. The molecule has 0 radical (unpaired) electrons. The van der Waals surface area contributed by atoms with E-state index in [2.05, 4.69) is 10.1 Å². The van der Waals surface area contributed by atoms with Crippen LogP contribution in [0.25, 0.3) is 11.0 Å². The van der Waals surface area contributed by atoms with Gasteiger partial charge in [-0.1, -0.05) is 42.5 Å². The van der Waals surface area contributed by atoms with Gasteiger partial charge in [-0.15, -0.1) is 5.10 Å². The van der Waals surface area contributed by atoms with Crippen LogP contribution in [0.4, 0.5) is 19.0 Å². The minimum atomic E-state index is -4.45. The maximum atomic E-state index is 12.9. The molecule has 0 aliphatic heterocycles. The Labute approximate surface area is 163 Å². The predicted molar refractivity (Wildman–Crippen MR) is 102 cm³/mol. The molecule has 29 heavy (non-hydrogen) atoms. The third-order valence-electron chi connectivity index (χ3n) is 4.55. The number of fused-ring (bicyclic) bond motifs is 1. The van der Waals surface area contributed by atoms with Crippen LogP contribution in [-0.2, 0) is 19.3 Å². The second-order valence-electron chi connectivity index (χ2n) is 6.60. The molecule has 0 amide bonds. The van der Waals surface area contributed by atoms with Crippen molar-refractivity contribution in [2.75, 3.05) is 5.73 Å². The predicted octanol–water partition coefficient (Wildman–Crippen LogP) is 3.29. The number of halogens is 3. The highest BCUT2D eigenvalue weighted by molar-refractivity contribution is 5.85. The van der Waals surface area contributed by atoms with Gasteiger partial charge < -0.3 is 5.73 Å². The standard InChI is InChI=1S/C20H16F3N5O/c21-20(22,23)15-8-4-7-14(9-15)10-27-12-25-18-16(19(27)29)17(24)28(26-18)11-13-5-2-1-3-6-13/h1-9,12H,10-11,24H2. The van der Waals surface area contributed by atoms with Crippen molar-refractivity contribution in [2.45, 2.75) is 19.3 Å². The lowest BCUT2D eigenvalue weighted by Crippen LogP contribution is -2.21. The van der Waals surface area contributed by atoms with E-state index in [1.165, 1.54) is 27.7 Å². The summed E-state index contributed by atoms with van der Waals surface area (Å²) in [6.45, 7) is 0.311. The van der Waals surface area contributed by atoms with E-state index in [-0.39, 0.29) is 23.4 Å². The Kier molecular flexibility index (Phi) is 4.57. The molecule has 4 rings (SSSR count). The van der Waals surface area contributed by atoms with Crippen LogP contribution >= 0.6 is 0 Å². The fourth-order valence-electron chi connectivity index (χ4n) is 3.11. The third kappa shape index (κ3) is 3.71. The molecule has 148 valence electrons. The topological polar surface area (TPSA) is 78.7 Å². The summed E-state index contributed by atoms with van der Waals surface area (Å²) < 4.78 is 41.5. The minimum absolute atomic E-state index is 0.0605. The monoisotopic (exact) mass is 399 g/mol. The zero-order valence-corrected chi connectivity index (χ0v) is 15.1. The van der Waals surface area contributed by atoms with E-state index in [0.29, 0.717) is 12.1 Å². The molecule has 0 saturated heterocycles. The molecule has 9 heteroatoms. The Morgan fingerprint density at radius 1 is 0.966 bits per heavy atom. The lowest BCUT2D eigenvalue weighted by molar-refractivity contribution is -0.137. The number of aromatic nitrogens is 4. The molecule has 0 bridgehead atoms. The van der Waals surface area contributed by atoms with E-state index in [1.54, 1.807) is 0 Å². The second-order valence-corrected chi connectivity index (χ2v) is 6.60. The summed E-state index contributed by atoms with van der Waals surface area (Å²) in [5.74, 6) is 0.166. The first-order chi connectivity index (χ1) is 13.8. The van der Waals surface area contributed by atoms with Crippen LogP contribution in [0.2, 0.25) is 0 Å². The number of rotatable bonds is 4. The van der Waals surface area contributed by atoms with Gasteiger partial charge in [-0.25, -0.2) is 9.67 Å². The Morgan fingerprint density at radius 2 is 1.69 bits per heavy atom. The average Bonchev–Trinajstić information content (AvgIpc) is 3.01. The zero-order valence-electron chi connectivity index (χ0n) is 15.1. The maximum Gasteiger partial charge on any atom is 0.416 e. The van der Waals surface area contributed by atoms with E-state index >= 15 is 0 Å². The van der Waals surface area contributed by atoms with Crippen LogP contribution in [0.3, 0.4) is 0 Å². The van der Waals surface area contributed by atoms with Crippen LogP contribution in [0.5, 0.6) is 0 Å². The van der Waals surface area contributed by atoms with Gasteiger partial charge in [0.2, 0.25) is 0 Å². The fraction of sp³-hybridized carbons (Fsp3) is 0.150. The lowest BCUT2D eigenvalue weighted by atomic mass is 10.1. The van der Waals surface area contributed by atoms with Gasteiger partial charge in [0.05, 0.1) is 18.7 Å². The SMILES string of the molecule is Nc1c2c(=O)n(Cc3cccc(C(F)(F)F)c3)cnc2nn1Cc1ccccc1. The molecule has 2 aromatic heterocycles. The molecule has 0 atom stereocenters.